The molecule has 0 saturated heterocycles. The smallest absolute Gasteiger partial charge is 0.253 e. The van der Waals surface area contributed by atoms with Crippen LogP contribution in [0.5, 0.6) is 0 Å². The normalized spacial score (nSPS) is 14.1. The largest absolute Gasteiger partial charge is 0.346 e. The van der Waals surface area contributed by atoms with Gasteiger partial charge in [0.1, 0.15) is 0 Å². The number of benzene rings is 1. The predicted molar refractivity (Wildman–Crippen MR) is 91.7 cm³/mol. The van der Waals surface area contributed by atoms with E-state index in [1.54, 1.807) is 11.3 Å². The number of aryl methyl sites for hydroxylation is 1. The molecule has 23 heavy (non-hydrogen) atoms. The van der Waals surface area contributed by atoms with E-state index in [4.69, 9.17) is 0 Å². The number of carbonyl (C=O) groups is 1. The van der Waals surface area contributed by atoms with Crippen LogP contribution in [0.15, 0.2) is 35.7 Å². The second-order valence-corrected chi connectivity index (χ2v) is 6.84. The van der Waals surface area contributed by atoms with E-state index in [-0.39, 0.29) is 5.91 Å². The highest BCUT2D eigenvalue weighted by atomic mass is 32.1. The molecule has 0 unspecified atom stereocenters. The summed E-state index contributed by atoms with van der Waals surface area (Å²) in [5.74, 6) is 0.568. The van der Waals surface area contributed by atoms with Crippen LogP contribution in [-0.2, 0) is 6.54 Å². The van der Waals surface area contributed by atoms with Crippen molar-refractivity contribution >= 4 is 28.1 Å². The summed E-state index contributed by atoms with van der Waals surface area (Å²) in [7, 11) is 0. The van der Waals surface area contributed by atoms with Crippen molar-refractivity contribution in [3.63, 3.8) is 0 Å². The van der Waals surface area contributed by atoms with E-state index in [0.717, 1.165) is 22.3 Å². The van der Waals surface area contributed by atoms with Crippen molar-refractivity contribution in [1.82, 2.24) is 15.3 Å². The molecule has 2 aromatic heterocycles. The van der Waals surface area contributed by atoms with Crippen molar-refractivity contribution in [2.24, 2.45) is 0 Å². The molecule has 0 aliphatic heterocycles. The van der Waals surface area contributed by atoms with Crippen molar-refractivity contribution in [3.05, 3.63) is 57.7 Å². The fourth-order valence-electron chi connectivity index (χ4n) is 2.63. The van der Waals surface area contributed by atoms with E-state index >= 15 is 0 Å². The van der Waals surface area contributed by atoms with Crippen LogP contribution in [0.3, 0.4) is 0 Å². The summed E-state index contributed by atoms with van der Waals surface area (Å²) in [5.41, 5.74) is 3.23. The zero-order valence-electron chi connectivity index (χ0n) is 12.9. The fourth-order valence-corrected chi connectivity index (χ4v) is 3.62. The first-order valence-electron chi connectivity index (χ1n) is 7.79. The van der Waals surface area contributed by atoms with Gasteiger partial charge in [-0.2, -0.15) is 0 Å². The van der Waals surface area contributed by atoms with Gasteiger partial charge in [-0.3, -0.25) is 9.78 Å². The molecule has 1 aromatic carbocycles. The molecule has 116 valence electrons. The van der Waals surface area contributed by atoms with Gasteiger partial charge in [-0.25, -0.2) is 4.98 Å². The van der Waals surface area contributed by atoms with E-state index < -0.39 is 0 Å². The van der Waals surface area contributed by atoms with Crippen LogP contribution in [-0.4, -0.2) is 15.9 Å². The van der Waals surface area contributed by atoms with Crippen LogP contribution in [0.4, 0.5) is 0 Å². The molecule has 4 nitrogen and oxygen atoms in total. The minimum absolute atomic E-state index is 0.0956. The van der Waals surface area contributed by atoms with Gasteiger partial charge in [0.25, 0.3) is 5.91 Å². The third kappa shape index (κ3) is 2.97. The average molecular weight is 323 g/mol. The van der Waals surface area contributed by atoms with Gasteiger partial charge >= 0.3 is 0 Å². The van der Waals surface area contributed by atoms with Crippen LogP contribution < -0.4 is 5.32 Å². The molecule has 2 heterocycles. The van der Waals surface area contributed by atoms with Crippen LogP contribution in [0.25, 0.3) is 10.9 Å². The van der Waals surface area contributed by atoms with E-state index in [1.165, 1.54) is 17.8 Å². The molecule has 0 atom stereocenters. The lowest BCUT2D eigenvalue weighted by molar-refractivity contribution is 0.0949. The number of hydrogen-bond acceptors (Lipinski definition) is 4. The first kappa shape index (κ1) is 14.3. The fraction of sp³-hybridized carbons (Fsp3) is 0.278. The number of nitrogens with zero attached hydrogens (tertiary/aromatic N) is 2. The van der Waals surface area contributed by atoms with Crippen molar-refractivity contribution in [3.8, 4) is 0 Å². The summed E-state index contributed by atoms with van der Waals surface area (Å²) in [5, 5.41) is 7.19. The molecule has 4 rings (SSSR count). The molecule has 1 aliphatic rings. The van der Waals surface area contributed by atoms with Crippen LogP contribution in [0.1, 0.15) is 45.5 Å². The van der Waals surface area contributed by atoms with Gasteiger partial charge in [0, 0.05) is 16.7 Å². The summed E-state index contributed by atoms with van der Waals surface area (Å²) >= 11 is 1.70. The first-order chi connectivity index (χ1) is 11.2. The van der Waals surface area contributed by atoms with Crippen LogP contribution >= 0.6 is 11.3 Å². The SMILES string of the molecule is Cc1nc2ccccc2cc1C(=O)NCc1csc(C2CC2)n1. The Kier molecular flexibility index (Phi) is 3.58. The maximum Gasteiger partial charge on any atom is 0.253 e. The summed E-state index contributed by atoms with van der Waals surface area (Å²) in [6.45, 7) is 2.34. The van der Waals surface area contributed by atoms with Crippen molar-refractivity contribution in [2.45, 2.75) is 32.2 Å². The van der Waals surface area contributed by atoms with Gasteiger partial charge in [0.2, 0.25) is 0 Å². The van der Waals surface area contributed by atoms with Crippen molar-refractivity contribution < 1.29 is 4.79 Å². The highest BCUT2D eigenvalue weighted by Gasteiger charge is 2.26. The molecule has 1 aliphatic carbocycles. The highest BCUT2D eigenvalue weighted by molar-refractivity contribution is 7.09. The molecule has 1 fully saturated rings. The third-order valence-electron chi connectivity index (χ3n) is 4.09. The quantitative estimate of drug-likeness (QED) is 0.794. The minimum atomic E-state index is -0.0956. The molecular formula is C18H17N3OS. The van der Waals surface area contributed by atoms with Gasteiger partial charge in [0.05, 0.1) is 34.0 Å². The molecule has 0 spiro atoms. The van der Waals surface area contributed by atoms with Gasteiger partial charge in [-0.15, -0.1) is 11.3 Å². The molecule has 5 heteroatoms. The number of fused-ring (bicyclic) bond motifs is 1. The molecule has 1 saturated carbocycles. The zero-order valence-corrected chi connectivity index (χ0v) is 13.7. The maximum atomic E-state index is 12.5. The summed E-state index contributed by atoms with van der Waals surface area (Å²) in [4.78, 5) is 21.6. The zero-order chi connectivity index (χ0) is 15.8. The number of para-hydroxylation sites is 1. The second-order valence-electron chi connectivity index (χ2n) is 5.95. The standard InChI is InChI=1S/C18H17N3OS/c1-11-15(8-13-4-2-3-5-16(13)20-11)17(22)19-9-14-10-23-18(21-14)12-6-7-12/h2-5,8,10,12H,6-7,9H2,1H3,(H,19,22). The average Bonchev–Trinajstić information content (AvgIpc) is 3.30. The predicted octanol–water partition coefficient (Wildman–Crippen LogP) is 3.81. The lowest BCUT2D eigenvalue weighted by atomic mass is 10.1. The Morgan fingerprint density at radius 3 is 2.96 bits per heavy atom. The first-order valence-corrected chi connectivity index (χ1v) is 8.67. The molecular weight excluding hydrogens is 306 g/mol. The Labute approximate surface area is 138 Å². The Morgan fingerprint density at radius 2 is 2.13 bits per heavy atom. The minimum Gasteiger partial charge on any atom is -0.346 e. The summed E-state index contributed by atoms with van der Waals surface area (Å²) in [6, 6.07) is 9.74. The van der Waals surface area contributed by atoms with Crippen LogP contribution in [0.2, 0.25) is 0 Å². The summed E-state index contributed by atoms with van der Waals surface area (Å²) in [6.07, 6.45) is 2.50. The number of rotatable bonds is 4. The number of aromatic nitrogens is 2. The number of carbonyl (C=O) groups excluding carboxylic acids is 1. The monoisotopic (exact) mass is 323 g/mol. The van der Waals surface area contributed by atoms with E-state index in [1.807, 2.05) is 42.6 Å². The van der Waals surface area contributed by atoms with E-state index in [2.05, 4.69) is 15.3 Å². The van der Waals surface area contributed by atoms with Crippen molar-refractivity contribution in [2.75, 3.05) is 0 Å². The van der Waals surface area contributed by atoms with Gasteiger partial charge in [0.15, 0.2) is 0 Å². The highest BCUT2D eigenvalue weighted by Crippen LogP contribution is 2.41. The van der Waals surface area contributed by atoms with Gasteiger partial charge in [-0.1, -0.05) is 18.2 Å². The molecule has 3 aromatic rings. The topological polar surface area (TPSA) is 54.9 Å². The Balaban J connectivity index is 1.50. The van der Waals surface area contributed by atoms with E-state index in [0.29, 0.717) is 18.0 Å². The molecule has 0 bridgehead atoms. The third-order valence-corrected chi connectivity index (χ3v) is 5.14. The van der Waals surface area contributed by atoms with Crippen molar-refractivity contribution in [1.29, 1.82) is 0 Å². The lowest BCUT2D eigenvalue weighted by Crippen LogP contribution is -2.24. The Hall–Kier alpha value is -2.27. The lowest BCUT2D eigenvalue weighted by Gasteiger charge is -2.08. The summed E-state index contributed by atoms with van der Waals surface area (Å²) < 4.78 is 0. The number of pyridine rings is 1. The number of nitrogens with one attached hydrogen (secondary N) is 1. The molecule has 0 radical (unpaired) electrons. The second kappa shape index (κ2) is 5.74. The van der Waals surface area contributed by atoms with E-state index in [9.17, 15) is 4.79 Å². The van der Waals surface area contributed by atoms with Gasteiger partial charge in [-0.05, 0) is 31.9 Å². The number of amides is 1. The Bertz CT molecular complexity index is 883. The molecule has 1 amide bonds. The number of thiazole rings is 1. The maximum absolute atomic E-state index is 12.5. The molecule has 1 N–H and O–H groups in total. The Morgan fingerprint density at radius 1 is 1.30 bits per heavy atom. The van der Waals surface area contributed by atoms with Gasteiger partial charge < -0.3 is 5.32 Å². The number of hydrogen-bond donors (Lipinski definition) is 1. The van der Waals surface area contributed by atoms with Crippen LogP contribution in [0, 0.1) is 6.92 Å².